The van der Waals surface area contributed by atoms with Gasteiger partial charge in [-0.15, -0.1) is 11.3 Å². The van der Waals surface area contributed by atoms with Crippen molar-refractivity contribution in [1.29, 1.82) is 0 Å². The molecule has 3 nitrogen and oxygen atoms in total. The summed E-state index contributed by atoms with van der Waals surface area (Å²) >= 11 is 1.57. The minimum absolute atomic E-state index is 0.0507. The lowest BCUT2D eigenvalue weighted by Gasteiger charge is -2.16. The fourth-order valence-corrected chi connectivity index (χ4v) is 3.73. The van der Waals surface area contributed by atoms with Crippen LogP contribution in [0.2, 0.25) is 0 Å². The maximum Gasteiger partial charge on any atom is 0.218 e. The van der Waals surface area contributed by atoms with E-state index in [1.54, 1.807) is 18.4 Å². The molecule has 2 rings (SSSR count). The van der Waals surface area contributed by atoms with Crippen LogP contribution >= 0.6 is 11.3 Å². The third-order valence-electron chi connectivity index (χ3n) is 2.90. The molecule has 2 aromatic rings. The molecule has 0 N–H and O–H groups in total. The van der Waals surface area contributed by atoms with Gasteiger partial charge in [-0.25, -0.2) is 8.42 Å². The van der Waals surface area contributed by atoms with Crippen molar-refractivity contribution < 1.29 is 8.42 Å². The second-order valence-electron chi connectivity index (χ2n) is 4.58. The lowest BCUT2D eigenvalue weighted by molar-refractivity contribution is 0.469. The highest BCUT2D eigenvalue weighted by molar-refractivity contribution is 7.88. The van der Waals surface area contributed by atoms with Gasteiger partial charge in [-0.3, -0.25) is 0 Å². The summed E-state index contributed by atoms with van der Waals surface area (Å²) in [6.07, 6.45) is 0. The predicted molar refractivity (Wildman–Crippen MR) is 79.6 cm³/mol. The molecule has 0 aliphatic heterocycles. The summed E-state index contributed by atoms with van der Waals surface area (Å²) < 4.78 is 25.9. The SMILES string of the molecule is Cc1ccc(CS(=O)(=O)N(C)Cc2cccs2)cc1. The van der Waals surface area contributed by atoms with Crippen LogP contribution in [0.5, 0.6) is 0 Å². The van der Waals surface area contributed by atoms with Gasteiger partial charge in [0.15, 0.2) is 0 Å². The largest absolute Gasteiger partial charge is 0.218 e. The molecule has 0 saturated heterocycles. The van der Waals surface area contributed by atoms with Crippen molar-refractivity contribution in [1.82, 2.24) is 4.31 Å². The Kier molecular flexibility index (Phi) is 4.39. The first-order valence-electron chi connectivity index (χ1n) is 5.99. The van der Waals surface area contributed by atoms with E-state index in [0.717, 1.165) is 16.0 Å². The fraction of sp³-hybridized carbons (Fsp3) is 0.286. The van der Waals surface area contributed by atoms with E-state index in [4.69, 9.17) is 0 Å². The Hall–Kier alpha value is -1.17. The fourth-order valence-electron chi connectivity index (χ4n) is 1.73. The Labute approximate surface area is 118 Å². The van der Waals surface area contributed by atoms with Gasteiger partial charge in [0, 0.05) is 18.5 Å². The molecule has 1 aromatic carbocycles. The standard InChI is InChI=1S/C14H17NO2S2/c1-12-5-7-13(8-6-12)11-19(16,17)15(2)10-14-4-3-9-18-14/h3-9H,10-11H2,1-2H3. The summed E-state index contributed by atoms with van der Waals surface area (Å²) in [6, 6.07) is 11.5. The molecule has 1 heterocycles. The molecule has 5 heteroatoms. The third-order valence-corrected chi connectivity index (χ3v) is 5.54. The van der Waals surface area contributed by atoms with Crippen molar-refractivity contribution in [3.05, 3.63) is 57.8 Å². The van der Waals surface area contributed by atoms with Crippen molar-refractivity contribution >= 4 is 21.4 Å². The smallest absolute Gasteiger partial charge is 0.212 e. The summed E-state index contributed by atoms with van der Waals surface area (Å²) in [6.45, 7) is 2.42. The predicted octanol–water partition coefficient (Wildman–Crippen LogP) is 3.02. The molecule has 0 bridgehead atoms. The summed E-state index contributed by atoms with van der Waals surface area (Å²) in [5, 5.41) is 1.95. The van der Waals surface area contributed by atoms with Crippen LogP contribution < -0.4 is 0 Å². The molecule has 0 amide bonds. The number of aryl methyl sites for hydroxylation is 1. The van der Waals surface area contributed by atoms with Crippen LogP contribution in [0.3, 0.4) is 0 Å². The van der Waals surface area contributed by atoms with Crippen LogP contribution in [-0.2, 0) is 22.3 Å². The number of thiophene rings is 1. The number of hydrogen-bond donors (Lipinski definition) is 0. The molecular weight excluding hydrogens is 278 g/mol. The first kappa shape index (κ1) is 14.2. The van der Waals surface area contributed by atoms with Crippen molar-refractivity contribution in [3.8, 4) is 0 Å². The number of rotatable bonds is 5. The summed E-state index contributed by atoms with van der Waals surface area (Å²) in [4.78, 5) is 1.05. The molecule has 102 valence electrons. The highest BCUT2D eigenvalue weighted by Gasteiger charge is 2.18. The molecule has 0 radical (unpaired) electrons. The summed E-state index contributed by atoms with van der Waals surface area (Å²) in [5.41, 5.74) is 1.96. The van der Waals surface area contributed by atoms with Crippen LogP contribution in [0.4, 0.5) is 0 Å². The van der Waals surface area contributed by atoms with Gasteiger partial charge >= 0.3 is 0 Å². The molecule has 1 aromatic heterocycles. The molecule has 0 atom stereocenters. The van der Waals surface area contributed by atoms with Gasteiger partial charge < -0.3 is 0 Å². The zero-order valence-corrected chi connectivity index (χ0v) is 12.7. The lowest BCUT2D eigenvalue weighted by Crippen LogP contribution is -2.27. The van der Waals surface area contributed by atoms with Crippen molar-refractivity contribution in [2.45, 2.75) is 19.2 Å². The van der Waals surface area contributed by atoms with Gasteiger partial charge in [-0.2, -0.15) is 4.31 Å². The normalized spacial score (nSPS) is 11.9. The zero-order valence-electron chi connectivity index (χ0n) is 11.0. The number of hydrogen-bond acceptors (Lipinski definition) is 3. The minimum atomic E-state index is -3.26. The van der Waals surface area contributed by atoms with Gasteiger partial charge in [0.25, 0.3) is 0 Å². The molecule has 0 aliphatic carbocycles. The Morgan fingerprint density at radius 1 is 1.16 bits per heavy atom. The molecule has 0 spiro atoms. The van der Waals surface area contributed by atoms with Crippen molar-refractivity contribution in [2.24, 2.45) is 0 Å². The second kappa shape index (κ2) is 5.86. The van der Waals surface area contributed by atoms with Crippen LogP contribution in [0.25, 0.3) is 0 Å². The Balaban J connectivity index is 2.07. The lowest BCUT2D eigenvalue weighted by atomic mass is 10.2. The van der Waals surface area contributed by atoms with E-state index in [0.29, 0.717) is 6.54 Å². The number of nitrogens with zero attached hydrogens (tertiary/aromatic N) is 1. The molecule has 0 saturated carbocycles. The summed E-state index contributed by atoms with van der Waals surface area (Å²) in [7, 11) is -1.63. The zero-order chi connectivity index (χ0) is 13.9. The topological polar surface area (TPSA) is 37.4 Å². The quantitative estimate of drug-likeness (QED) is 0.850. The van der Waals surface area contributed by atoms with E-state index in [9.17, 15) is 8.42 Å². The van der Waals surface area contributed by atoms with Crippen molar-refractivity contribution in [3.63, 3.8) is 0 Å². The molecule has 0 fully saturated rings. The minimum Gasteiger partial charge on any atom is -0.212 e. The van der Waals surface area contributed by atoms with Crippen LogP contribution in [-0.4, -0.2) is 19.8 Å². The molecule has 19 heavy (non-hydrogen) atoms. The number of sulfonamides is 1. The maximum absolute atomic E-state index is 12.2. The van der Waals surface area contributed by atoms with Gasteiger partial charge in [0.05, 0.1) is 5.75 Å². The van der Waals surface area contributed by atoms with Crippen LogP contribution in [0, 0.1) is 6.92 Å². The van der Waals surface area contributed by atoms with E-state index in [1.165, 1.54) is 4.31 Å². The second-order valence-corrected chi connectivity index (χ2v) is 7.69. The highest BCUT2D eigenvalue weighted by Crippen LogP contribution is 2.16. The Bertz CT molecular complexity index is 616. The maximum atomic E-state index is 12.2. The van der Waals surface area contributed by atoms with Gasteiger partial charge in [-0.05, 0) is 23.9 Å². The third kappa shape index (κ3) is 3.89. The first-order valence-corrected chi connectivity index (χ1v) is 8.48. The van der Waals surface area contributed by atoms with E-state index in [-0.39, 0.29) is 5.75 Å². The Morgan fingerprint density at radius 2 is 1.84 bits per heavy atom. The average molecular weight is 295 g/mol. The average Bonchev–Trinajstić information content (AvgIpc) is 2.84. The van der Waals surface area contributed by atoms with Crippen LogP contribution in [0.1, 0.15) is 16.0 Å². The van der Waals surface area contributed by atoms with E-state index in [2.05, 4.69) is 0 Å². The van der Waals surface area contributed by atoms with Gasteiger partial charge in [0.1, 0.15) is 0 Å². The van der Waals surface area contributed by atoms with Gasteiger partial charge in [0.2, 0.25) is 10.0 Å². The molecule has 0 unspecified atom stereocenters. The number of benzene rings is 1. The summed E-state index contributed by atoms with van der Waals surface area (Å²) in [5.74, 6) is 0.0507. The van der Waals surface area contributed by atoms with E-state index >= 15 is 0 Å². The van der Waals surface area contributed by atoms with Crippen LogP contribution in [0.15, 0.2) is 41.8 Å². The Morgan fingerprint density at radius 3 is 2.42 bits per heavy atom. The van der Waals surface area contributed by atoms with E-state index < -0.39 is 10.0 Å². The monoisotopic (exact) mass is 295 g/mol. The highest BCUT2D eigenvalue weighted by atomic mass is 32.2. The molecule has 0 aliphatic rings. The van der Waals surface area contributed by atoms with Gasteiger partial charge in [-0.1, -0.05) is 35.9 Å². The van der Waals surface area contributed by atoms with E-state index in [1.807, 2.05) is 48.7 Å². The molecular formula is C14H17NO2S2. The van der Waals surface area contributed by atoms with Crippen molar-refractivity contribution in [2.75, 3.05) is 7.05 Å². The first-order chi connectivity index (χ1) is 8.97.